The third-order valence-electron chi connectivity index (χ3n) is 5.70. The lowest BCUT2D eigenvalue weighted by Crippen LogP contribution is -2.50. The fourth-order valence-electron chi connectivity index (χ4n) is 3.90. The van der Waals surface area contributed by atoms with Crippen LogP contribution in [0.4, 0.5) is 0 Å². The molecule has 1 aliphatic carbocycles. The second-order valence-corrected chi connectivity index (χ2v) is 9.57. The van der Waals surface area contributed by atoms with Crippen molar-refractivity contribution in [1.29, 1.82) is 0 Å². The molecule has 3 rings (SSSR count). The quantitative estimate of drug-likeness (QED) is 0.544. The number of nitrogens with one attached hydrogen (secondary N) is 1. The lowest BCUT2D eigenvalue weighted by molar-refractivity contribution is -0.139. The van der Waals surface area contributed by atoms with Gasteiger partial charge in [-0.1, -0.05) is 73.3 Å². The van der Waals surface area contributed by atoms with Gasteiger partial charge in [0.25, 0.3) is 0 Å². The summed E-state index contributed by atoms with van der Waals surface area (Å²) in [6, 6.07) is 17.3. The second kappa shape index (κ2) is 12.2. The molecule has 1 saturated carbocycles. The molecule has 0 unspecified atom stereocenters. The van der Waals surface area contributed by atoms with Crippen molar-refractivity contribution < 1.29 is 9.59 Å². The summed E-state index contributed by atoms with van der Waals surface area (Å²) in [7, 11) is 0. The summed E-state index contributed by atoms with van der Waals surface area (Å²) in [5, 5.41) is 3.87. The van der Waals surface area contributed by atoms with Crippen molar-refractivity contribution in [1.82, 2.24) is 10.2 Å². The van der Waals surface area contributed by atoms with Gasteiger partial charge in [-0.15, -0.1) is 11.8 Å². The van der Waals surface area contributed by atoms with Crippen LogP contribution in [0, 0.1) is 0 Å². The van der Waals surface area contributed by atoms with E-state index in [9.17, 15) is 9.59 Å². The van der Waals surface area contributed by atoms with Crippen LogP contribution in [0.5, 0.6) is 0 Å². The van der Waals surface area contributed by atoms with E-state index < -0.39 is 6.04 Å². The molecule has 6 heteroatoms. The van der Waals surface area contributed by atoms with Crippen LogP contribution in [-0.4, -0.2) is 34.6 Å². The Hall–Kier alpha value is -1.98. The third-order valence-corrected chi connectivity index (χ3v) is 6.92. The van der Waals surface area contributed by atoms with E-state index in [1.165, 1.54) is 6.42 Å². The first-order valence-electron chi connectivity index (χ1n) is 11.0. The fourth-order valence-corrected chi connectivity index (χ4v) is 4.97. The van der Waals surface area contributed by atoms with Crippen molar-refractivity contribution in [2.75, 3.05) is 5.75 Å². The van der Waals surface area contributed by atoms with Crippen LogP contribution in [0.25, 0.3) is 0 Å². The Labute approximate surface area is 194 Å². The first-order chi connectivity index (χ1) is 15.0. The number of hydrogen-bond acceptors (Lipinski definition) is 3. The Balaban J connectivity index is 1.62. The monoisotopic (exact) mass is 458 g/mol. The lowest BCUT2D eigenvalue weighted by atomic mass is 9.95. The normalized spacial score (nSPS) is 15.3. The zero-order valence-corrected chi connectivity index (χ0v) is 19.6. The Morgan fingerprint density at radius 2 is 1.77 bits per heavy atom. The van der Waals surface area contributed by atoms with Gasteiger partial charge in [0.1, 0.15) is 6.04 Å². The molecule has 0 aliphatic heterocycles. The van der Waals surface area contributed by atoms with Gasteiger partial charge in [-0.2, -0.15) is 0 Å². The molecule has 2 amide bonds. The van der Waals surface area contributed by atoms with Crippen molar-refractivity contribution in [2.24, 2.45) is 0 Å². The van der Waals surface area contributed by atoms with E-state index in [1.807, 2.05) is 61.5 Å². The highest BCUT2D eigenvalue weighted by atomic mass is 35.5. The van der Waals surface area contributed by atoms with Crippen LogP contribution in [0.1, 0.15) is 50.2 Å². The Morgan fingerprint density at radius 1 is 1.06 bits per heavy atom. The van der Waals surface area contributed by atoms with Gasteiger partial charge in [-0.25, -0.2) is 0 Å². The number of rotatable bonds is 9. The predicted octanol–water partition coefficient (Wildman–Crippen LogP) is 5.44. The zero-order valence-electron chi connectivity index (χ0n) is 18.1. The smallest absolute Gasteiger partial charge is 0.242 e. The van der Waals surface area contributed by atoms with Crippen molar-refractivity contribution in [3.05, 3.63) is 70.7 Å². The first kappa shape index (κ1) is 23.7. The maximum atomic E-state index is 13.1. The first-order valence-corrected chi connectivity index (χ1v) is 12.5. The largest absolute Gasteiger partial charge is 0.352 e. The molecule has 0 radical (unpaired) electrons. The summed E-state index contributed by atoms with van der Waals surface area (Å²) in [6.45, 7) is 2.26. The molecule has 0 aromatic heterocycles. The molecule has 1 N–H and O–H groups in total. The zero-order chi connectivity index (χ0) is 22.1. The SMILES string of the molecule is C[C@H](C(=O)NC1CCCCC1)N(Cc1ccccc1)C(=O)CSCc1cccc(Cl)c1. The van der Waals surface area contributed by atoms with Crippen LogP contribution in [0.3, 0.4) is 0 Å². The molecule has 1 aliphatic rings. The minimum Gasteiger partial charge on any atom is -0.352 e. The molecule has 1 atom stereocenters. The average molecular weight is 459 g/mol. The van der Waals surface area contributed by atoms with Crippen LogP contribution in [0.15, 0.2) is 54.6 Å². The average Bonchev–Trinajstić information content (AvgIpc) is 2.78. The molecule has 0 spiro atoms. The molecule has 2 aromatic rings. The standard InChI is InChI=1S/C25H31ClN2O2S/c1-19(25(30)27-23-13-6-3-7-14-23)28(16-20-9-4-2-5-10-20)24(29)18-31-17-21-11-8-12-22(26)15-21/h2,4-5,8-12,15,19,23H,3,6-7,13-14,16-18H2,1H3,(H,27,30)/t19-/m1/s1. The lowest BCUT2D eigenvalue weighted by Gasteiger charge is -2.31. The van der Waals surface area contributed by atoms with E-state index >= 15 is 0 Å². The second-order valence-electron chi connectivity index (χ2n) is 8.15. The van der Waals surface area contributed by atoms with Gasteiger partial charge < -0.3 is 10.2 Å². The summed E-state index contributed by atoms with van der Waals surface area (Å²) in [6.07, 6.45) is 5.61. The topological polar surface area (TPSA) is 49.4 Å². The Kier molecular flexibility index (Phi) is 9.29. The summed E-state index contributed by atoms with van der Waals surface area (Å²) >= 11 is 7.60. The van der Waals surface area contributed by atoms with E-state index in [2.05, 4.69) is 5.32 Å². The number of nitrogens with zero attached hydrogens (tertiary/aromatic N) is 1. The summed E-state index contributed by atoms with van der Waals surface area (Å²) < 4.78 is 0. The van der Waals surface area contributed by atoms with Gasteiger partial charge in [0, 0.05) is 23.4 Å². The van der Waals surface area contributed by atoms with Gasteiger partial charge in [-0.05, 0) is 43.0 Å². The fraction of sp³-hybridized carbons (Fsp3) is 0.440. The van der Waals surface area contributed by atoms with E-state index in [0.717, 1.165) is 36.8 Å². The summed E-state index contributed by atoms with van der Waals surface area (Å²) in [4.78, 5) is 27.8. The molecule has 4 nitrogen and oxygen atoms in total. The van der Waals surface area contributed by atoms with Gasteiger partial charge in [-0.3, -0.25) is 9.59 Å². The van der Waals surface area contributed by atoms with Gasteiger partial charge >= 0.3 is 0 Å². The van der Waals surface area contributed by atoms with Crippen LogP contribution in [-0.2, 0) is 21.9 Å². The number of carbonyl (C=O) groups excluding carboxylic acids is 2. The maximum absolute atomic E-state index is 13.1. The van der Waals surface area contributed by atoms with Crippen molar-refractivity contribution in [2.45, 2.75) is 63.4 Å². The minimum atomic E-state index is -0.513. The number of hydrogen-bond donors (Lipinski definition) is 1. The van der Waals surface area contributed by atoms with E-state index in [-0.39, 0.29) is 17.9 Å². The summed E-state index contributed by atoms with van der Waals surface area (Å²) in [5.41, 5.74) is 2.11. The van der Waals surface area contributed by atoms with E-state index in [0.29, 0.717) is 23.1 Å². The molecule has 31 heavy (non-hydrogen) atoms. The van der Waals surface area contributed by atoms with Gasteiger partial charge in [0.2, 0.25) is 11.8 Å². The Bertz CT molecular complexity index is 856. The number of amides is 2. The maximum Gasteiger partial charge on any atom is 0.242 e. The predicted molar refractivity (Wildman–Crippen MR) is 129 cm³/mol. The highest BCUT2D eigenvalue weighted by Gasteiger charge is 2.27. The summed E-state index contributed by atoms with van der Waals surface area (Å²) in [5.74, 6) is 0.937. The highest BCUT2D eigenvalue weighted by Crippen LogP contribution is 2.20. The molecule has 166 valence electrons. The Morgan fingerprint density at radius 3 is 2.48 bits per heavy atom. The van der Waals surface area contributed by atoms with Crippen molar-refractivity contribution in [3.63, 3.8) is 0 Å². The molecule has 0 heterocycles. The molecule has 0 bridgehead atoms. The van der Waals surface area contributed by atoms with Crippen molar-refractivity contribution >= 4 is 35.2 Å². The molecule has 1 fully saturated rings. The van der Waals surface area contributed by atoms with Crippen molar-refractivity contribution in [3.8, 4) is 0 Å². The van der Waals surface area contributed by atoms with Gasteiger partial charge in [0.05, 0.1) is 5.75 Å². The minimum absolute atomic E-state index is 0.0258. The van der Waals surface area contributed by atoms with Gasteiger partial charge in [0.15, 0.2) is 0 Å². The number of carbonyl (C=O) groups is 2. The number of benzene rings is 2. The van der Waals surface area contributed by atoms with Crippen LogP contribution >= 0.6 is 23.4 Å². The molecule has 2 aromatic carbocycles. The molecule has 0 saturated heterocycles. The van der Waals surface area contributed by atoms with Crippen LogP contribution < -0.4 is 5.32 Å². The number of halogens is 1. The highest BCUT2D eigenvalue weighted by molar-refractivity contribution is 7.99. The molecular formula is C25H31ClN2O2S. The number of thioether (sulfide) groups is 1. The van der Waals surface area contributed by atoms with E-state index in [4.69, 9.17) is 11.6 Å². The van der Waals surface area contributed by atoms with Crippen LogP contribution in [0.2, 0.25) is 5.02 Å². The molecular weight excluding hydrogens is 428 g/mol. The van der Waals surface area contributed by atoms with E-state index in [1.54, 1.807) is 16.7 Å². The third kappa shape index (κ3) is 7.58.